The topological polar surface area (TPSA) is 42.4 Å². The van der Waals surface area contributed by atoms with Gasteiger partial charge in [-0.15, -0.1) is 0 Å². The van der Waals surface area contributed by atoms with Crippen LogP contribution in [0, 0.1) is 0 Å². The summed E-state index contributed by atoms with van der Waals surface area (Å²) in [5.41, 5.74) is 1.56. The van der Waals surface area contributed by atoms with E-state index in [2.05, 4.69) is 23.7 Å². The average molecular weight is 250 g/mol. The number of ketones is 1. The Balaban J connectivity index is 2.84. The Labute approximate surface area is 109 Å². The lowest BCUT2D eigenvalue weighted by molar-refractivity contribution is 0.0983. The van der Waals surface area contributed by atoms with Crippen molar-refractivity contribution in [1.29, 1.82) is 0 Å². The zero-order valence-electron chi connectivity index (χ0n) is 11.6. The van der Waals surface area contributed by atoms with Gasteiger partial charge in [-0.25, -0.2) is 0 Å². The molecule has 0 saturated carbocycles. The summed E-state index contributed by atoms with van der Waals surface area (Å²) >= 11 is 0. The summed E-state index contributed by atoms with van der Waals surface area (Å²) in [7, 11) is 1.70. The molecule has 1 aromatic rings. The van der Waals surface area contributed by atoms with Crippen molar-refractivity contribution in [2.45, 2.75) is 33.2 Å². The molecule has 0 saturated heterocycles. The van der Waals surface area contributed by atoms with Crippen LogP contribution in [0.15, 0.2) is 18.3 Å². The predicted molar refractivity (Wildman–Crippen MR) is 73.2 cm³/mol. The maximum Gasteiger partial charge on any atom is 0.180 e. The molecule has 1 unspecified atom stereocenters. The van der Waals surface area contributed by atoms with E-state index in [-0.39, 0.29) is 11.8 Å². The minimum absolute atomic E-state index is 0.0783. The monoisotopic (exact) mass is 250 g/mol. The minimum atomic E-state index is 0.0783. The van der Waals surface area contributed by atoms with Crippen molar-refractivity contribution in [3.05, 3.63) is 24.0 Å². The smallest absolute Gasteiger partial charge is 0.180 e. The molecule has 1 rings (SSSR count). The molecule has 1 atom stereocenters. The van der Waals surface area contributed by atoms with E-state index in [1.165, 1.54) is 0 Å². The number of rotatable bonds is 7. The molecule has 100 valence electrons. The van der Waals surface area contributed by atoms with Crippen molar-refractivity contribution in [2.24, 2.45) is 0 Å². The maximum atomic E-state index is 11.5. The zero-order chi connectivity index (χ0) is 13.5. The highest BCUT2D eigenvalue weighted by Crippen LogP contribution is 2.16. The van der Waals surface area contributed by atoms with E-state index < -0.39 is 0 Å². The Morgan fingerprint density at radius 2 is 2.17 bits per heavy atom. The first-order chi connectivity index (χ1) is 8.63. The number of pyridine rings is 1. The first-order valence-electron chi connectivity index (χ1n) is 6.38. The molecule has 0 aliphatic heterocycles. The number of carbonyl (C=O) groups excluding carboxylic acids is 1. The third kappa shape index (κ3) is 3.53. The quantitative estimate of drug-likeness (QED) is 0.697. The van der Waals surface area contributed by atoms with Gasteiger partial charge in [-0.2, -0.15) is 0 Å². The third-order valence-electron chi connectivity index (χ3n) is 2.97. The van der Waals surface area contributed by atoms with Gasteiger partial charge in [-0.3, -0.25) is 9.78 Å². The molecule has 1 heterocycles. The number of Topliss-reactive ketones (excluding diaryl/α,β-unsaturated/α-hetero) is 1. The first-order valence-corrected chi connectivity index (χ1v) is 6.38. The fourth-order valence-corrected chi connectivity index (χ4v) is 1.98. The summed E-state index contributed by atoms with van der Waals surface area (Å²) in [5.74, 6) is 0.0783. The first kappa shape index (κ1) is 14.6. The van der Waals surface area contributed by atoms with Gasteiger partial charge in [0, 0.05) is 26.1 Å². The van der Waals surface area contributed by atoms with Gasteiger partial charge in [0.1, 0.15) is 5.69 Å². The molecule has 1 aromatic heterocycles. The van der Waals surface area contributed by atoms with E-state index in [4.69, 9.17) is 4.74 Å². The van der Waals surface area contributed by atoms with Crippen LogP contribution in [0.25, 0.3) is 0 Å². The van der Waals surface area contributed by atoms with Crippen LogP contribution in [0.5, 0.6) is 0 Å². The van der Waals surface area contributed by atoms with Crippen LogP contribution >= 0.6 is 0 Å². The van der Waals surface area contributed by atoms with Crippen molar-refractivity contribution >= 4 is 11.5 Å². The van der Waals surface area contributed by atoms with Crippen LogP contribution in [-0.4, -0.2) is 37.1 Å². The lowest BCUT2D eigenvalue weighted by atomic mass is 10.2. The van der Waals surface area contributed by atoms with E-state index in [0.29, 0.717) is 18.7 Å². The van der Waals surface area contributed by atoms with Crippen molar-refractivity contribution in [3.63, 3.8) is 0 Å². The van der Waals surface area contributed by atoms with Gasteiger partial charge in [0.05, 0.1) is 18.5 Å². The molecular weight excluding hydrogens is 228 g/mol. The molecule has 0 bridgehead atoms. The highest BCUT2D eigenvalue weighted by atomic mass is 16.5. The summed E-state index contributed by atoms with van der Waals surface area (Å²) in [4.78, 5) is 17.9. The van der Waals surface area contributed by atoms with Crippen LogP contribution in [0.4, 0.5) is 5.69 Å². The largest absolute Gasteiger partial charge is 0.383 e. The Morgan fingerprint density at radius 3 is 2.61 bits per heavy atom. The lowest BCUT2D eigenvalue weighted by Crippen LogP contribution is -2.36. The molecule has 0 fully saturated rings. The molecule has 0 spiro atoms. The van der Waals surface area contributed by atoms with Gasteiger partial charge in [0.2, 0.25) is 0 Å². The van der Waals surface area contributed by atoms with Crippen LogP contribution in [0.1, 0.15) is 37.7 Å². The Kier molecular flexibility index (Phi) is 5.78. The van der Waals surface area contributed by atoms with E-state index in [0.717, 1.165) is 12.2 Å². The number of methoxy groups -OCH3 is 1. The molecular formula is C14H22N2O2. The van der Waals surface area contributed by atoms with Gasteiger partial charge >= 0.3 is 0 Å². The van der Waals surface area contributed by atoms with Crippen molar-refractivity contribution < 1.29 is 9.53 Å². The van der Waals surface area contributed by atoms with Crippen LogP contribution in [-0.2, 0) is 4.74 Å². The highest BCUT2D eigenvalue weighted by molar-refractivity contribution is 5.94. The number of aromatic nitrogens is 1. The Bertz CT molecular complexity index is 376. The standard InChI is InChI=1S/C14H22N2O2/c1-5-14(17)13-8-7-12(9-15-13)16(6-2)11(3)10-18-4/h7-9,11H,5-6,10H2,1-4H3. The molecule has 18 heavy (non-hydrogen) atoms. The number of ether oxygens (including phenoxy) is 1. The van der Waals surface area contributed by atoms with Gasteiger partial charge < -0.3 is 9.64 Å². The van der Waals surface area contributed by atoms with Gasteiger partial charge in [-0.05, 0) is 26.0 Å². The second kappa shape index (κ2) is 7.11. The molecule has 4 heteroatoms. The molecule has 0 aliphatic carbocycles. The Morgan fingerprint density at radius 1 is 1.44 bits per heavy atom. The van der Waals surface area contributed by atoms with Crippen molar-refractivity contribution in [2.75, 3.05) is 25.2 Å². The zero-order valence-corrected chi connectivity index (χ0v) is 11.6. The maximum absolute atomic E-state index is 11.5. The third-order valence-corrected chi connectivity index (χ3v) is 2.97. The van der Waals surface area contributed by atoms with E-state index in [1.54, 1.807) is 19.4 Å². The molecule has 0 amide bonds. The fourth-order valence-electron chi connectivity index (χ4n) is 1.98. The van der Waals surface area contributed by atoms with E-state index in [1.807, 2.05) is 13.0 Å². The SMILES string of the molecule is CCC(=O)c1ccc(N(CC)C(C)COC)cn1. The number of anilines is 1. The van der Waals surface area contributed by atoms with Gasteiger partial charge in [-0.1, -0.05) is 6.92 Å². The van der Waals surface area contributed by atoms with Crippen LogP contribution in [0.2, 0.25) is 0 Å². The summed E-state index contributed by atoms with van der Waals surface area (Å²) in [6.45, 7) is 7.60. The number of likely N-dealkylation sites (N-methyl/N-ethyl adjacent to an activating group) is 1. The molecule has 0 N–H and O–H groups in total. The van der Waals surface area contributed by atoms with E-state index in [9.17, 15) is 4.79 Å². The van der Waals surface area contributed by atoms with Crippen molar-refractivity contribution in [3.8, 4) is 0 Å². The van der Waals surface area contributed by atoms with Crippen LogP contribution in [0.3, 0.4) is 0 Å². The second-order valence-corrected chi connectivity index (χ2v) is 4.27. The summed E-state index contributed by atoms with van der Waals surface area (Å²) in [5, 5.41) is 0. The van der Waals surface area contributed by atoms with E-state index >= 15 is 0 Å². The fraction of sp³-hybridized carbons (Fsp3) is 0.571. The number of carbonyl (C=O) groups is 1. The summed E-state index contributed by atoms with van der Waals surface area (Å²) in [6, 6.07) is 4.03. The number of hydrogen-bond acceptors (Lipinski definition) is 4. The average Bonchev–Trinajstić information content (AvgIpc) is 2.40. The van der Waals surface area contributed by atoms with Gasteiger partial charge in [0.25, 0.3) is 0 Å². The highest BCUT2D eigenvalue weighted by Gasteiger charge is 2.13. The lowest BCUT2D eigenvalue weighted by Gasteiger charge is -2.29. The molecule has 4 nitrogen and oxygen atoms in total. The summed E-state index contributed by atoms with van der Waals surface area (Å²) in [6.07, 6.45) is 2.25. The summed E-state index contributed by atoms with van der Waals surface area (Å²) < 4.78 is 5.17. The van der Waals surface area contributed by atoms with Crippen molar-refractivity contribution in [1.82, 2.24) is 4.98 Å². The molecule has 0 aromatic carbocycles. The van der Waals surface area contributed by atoms with Crippen LogP contribution < -0.4 is 4.90 Å². The Hall–Kier alpha value is -1.42. The number of nitrogens with zero attached hydrogens (tertiary/aromatic N) is 2. The minimum Gasteiger partial charge on any atom is -0.383 e. The predicted octanol–water partition coefficient (Wildman–Crippen LogP) is 2.54. The normalized spacial score (nSPS) is 12.2. The number of hydrogen-bond donors (Lipinski definition) is 0. The molecule has 0 aliphatic rings. The molecule has 0 radical (unpaired) electrons. The second-order valence-electron chi connectivity index (χ2n) is 4.27. The van der Waals surface area contributed by atoms with Gasteiger partial charge in [0.15, 0.2) is 5.78 Å².